The summed E-state index contributed by atoms with van der Waals surface area (Å²) in [5, 5.41) is 5.10. The van der Waals surface area contributed by atoms with Crippen LogP contribution in [-0.2, 0) is 10.0 Å². The fourth-order valence-electron chi connectivity index (χ4n) is 1.60. The highest BCUT2D eigenvalue weighted by Gasteiger charge is 2.16. The third-order valence-corrected chi connectivity index (χ3v) is 3.58. The van der Waals surface area contributed by atoms with Crippen LogP contribution in [0.25, 0.3) is 0 Å². The first-order valence-electron chi connectivity index (χ1n) is 5.64. The lowest BCUT2D eigenvalue weighted by molar-refractivity contribution is 0.462. The van der Waals surface area contributed by atoms with E-state index in [0.717, 1.165) is 0 Å². The maximum atomic E-state index is 13.4. The third kappa shape index (κ3) is 3.06. The summed E-state index contributed by atoms with van der Waals surface area (Å²) in [6.07, 6.45) is 0. The van der Waals surface area contributed by atoms with E-state index in [2.05, 4.69) is 0 Å². The molecule has 2 aromatic rings. The summed E-state index contributed by atoms with van der Waals surface area (Å²) in [6.45, 7) is 1.61. The molecule has 2 rings (SSSR count). The molecule has 0 amide bonds. The summed E-state index contributed by atoms with van der Waals surface area (Å²) >= 11 is 0. The molecule has 4 N–H and O–H groups in total. The average molecular weight is 296 g/mol. The Hall–Kier alpha value is -2.12. The highest BCUT2D eigenvalue weighted by Crippen LogP contribution is 2.30. The number of hydrogen-bond donors (Lipinski definition) is 2. The highest BCUT2D eigenvalue weighted by atomic mass is 32.2. The molecule has 0 unspecified atom stereocenters. The van der Waals surface area contributed by atoms with Crippen molar-refractivity contribution in [3.8, 4) is 11.5 Å². The Labute approximate surface area is 116 Å². The molecule has 0 saturated carbocycles. The minimum atomic E-state index is -3.99. The number of benzene rings is 2. The Balaban J connectivity index is 2.46. The van der Waals surface area contributed by atoms with Crippen molar-refractivity contribution in [2.45, 2.75) is 11.8 Å². The number of aryl methyl sites for hydroxylation is 1. The van der Waals surface area contributed by atoms with Gasteiger partial charge in [0, 0.05) is 11.8 Å². The summed E-state index contributed by atoms with van der Waals surface area (Å²) in [6, 6.07) is 8.25. The van der Waals surface area contributed by atoms with Crippen molar-refractivity contribution in [1.82, 2.24) is 0 Å². The number of nitrogens with two attached hydrogens (primary N) is 2. The SMILES string of the molecule is Cc1ccc(Oc2ccc(N)cc2S(N)(=O)=O)cc1F. The fourth-order valence-corrected chi connectivity index (χ4v) is 2.29. The van der Waals surface area contributed by atoms with Crippen LogP contribution >= 0.6 is 0 Å². The second kappa shape index (κ2) is 5.10. The number of anilines is 1. The van der Waals surface area contributed by atoms with Crippen LogP contribution in [0.5, 0.6) is 11.5 Å². The van der Waals surface area contributed by atoms with Crippen molar-refractivity contribution >= 4 is 15.7 Å². The molecule has 7 heteroatoms. The number of primary sulfonamides is 1. The number of nitrogen functional groups attached to an aromatic ring is 1. The molecule has 0 aliphatic carbocycles. The lowest BCUT2D eigenvalue weighted by Crippen LogP contribution is -2.13. The molecule has 20 heavy (non-hydrogen) atoms. The summed E-state index contributed by atoms with van der Waals surface area (Å²) in [5.74, 6) is -0.289. The van der Waals surface area contributed by atoms with Gasteiger partial charge < -0.3 is 10.5 Å². The zero-order valence-corrected chi connectivity index (χ0v) is 11.4. The quantitative estimate of drug-likeness (QED) is 0.848. The maximum Gasteiger partial charge on any atom is 0.241 e. The van der Waals surface area contributed by atoms with Gasteiger partial charge in [0.2, 0.25) is 10.0 Å². The van der Waals surface area contributed by atoms with Crippen LogP contribution < -0.4 is 15.6 Å². The van der Waals surface area contributed by atoms with Crippen LogP contribution in [0.3, 0.4) is 0 Å². The Morgan fingerprint density at radius 1 is 1.15 bits per heavy atom. The van der Waals surface area contributed by atoms with Crippen molar-refractivity contribution < 1.29 is 17.5 Å². The average Bonchev–Trinajstić information content (AvgIpc) is 2.35. The van der Waals surface area contributed by atoms with Crippen LogP contribution in [-0.4, -0.2) is 8.42 Å². The predicted molar refractivity (Wildman–Crippen MR) is 73.4 cm³/mol. The summed E-state index contributed by atoms with van der Waals surface area (Å²) in [4.78, 5) is -0.251. The van der Waals surface area contributed by atoms with Crippen LogP contribution in [0.15, 0.2) is 41.3 Å². The van der Waals surface area contributed by atoms with Gasteiger partial charge in [-0.1, -0.05) is 6.07 Å². The van der Waals surface area contributed by atoms with Gasteiger partial charge in [0.05, 0.1) is 0 Å². The minimum Gasteiger partial charge on any atom is -0.456 e. The molecule has 106 valence electrons. The molecule has 0 aromatic heterocycles. The molecule has 0 fully saturated rings. The molecule has 5 nitrogen and oxygen atoms in total. The standard InChI is InChI=1S/C13H13FN2O3S/c1-8-2-4-10(7-11(8)14)19-12-5-3-9(15)6-13(12)20(16,17)18/h2-7H,15H2,1H3,(H2,16,17,18). The van der Waals surface area contributed by atoms with Crippen LogP contribution in [0, 0.1) is 12.7 Å². The van der Waals surface area contributed by atoms with Crippen molar-refractivity contribution in [2.24, 2.45) is 5.14 Å². The van der Waals surface area contributed by atoms with Gasteiger partial charge in [-0.05, 0) is 36.8 Å². The second-order valence-electron chi connectivity index (χ2n) is 4.26. The first kappa shape index (κ1) is 14.3. The highest BCUT2D eigenvalue weighted by molar-refractivity contribution is 7.89. The molecule has 2 aromatic carbocycles. The zero-order chi connectivity index (χ0) is 14.9. The lowest BCUT2D eigenvalue weighted by Gasteiger charge is -2.11. The van der Waals surface area contributed by atoms with E-state index < -0.39 is 15.8 Å². The molecule has 0 spiro atoms. The largest absolute Gasteiger partial charge is 0.456 e. The second-order valence-corrected chi connectivity index (χ2v) is 5.79. The van der Waals surface area contributed by atoms with E-state index in [0.29, 0.717) is 5.56 Å². The van der Waals surface area contributed by atoms with Gasteiger partial charge in [0.15, 0.2) is 0 Å². The predicted octanol–water partition coefficient (Wildman–Crippen LogP) is 2.16. The normalized spacial score (nSPS) is 11.3. The monoisotopic (exact) mass is 296 g/mol. The number of hydrogen-bond acceptors (Lipinski definition) is 4. The Morgan fingerprint density at radius 2 is 1.85 bits per heavy atom. The Kier molecular flexibility index (Phi) is 3.65. The van der Waals surface area contributed by atoms with E-state index in [1.54, 1.807) is 6.92 Å². The molecule has 0 aliphatic rings. The van der Waals surface area contributed by atoms with E-state index in [-0.39, 0.29) is 22.1 Å². The van der Waals surface area contributed by atoms with Gasteiger partial charge in [0.25, 0.3) is 0 Å². The van der Waals surface area contributed by atoms with Crippen molar-refractivity contribution in [2.75, 3.05) is 5.73 Å². The van der Waals surface area contributed by atoms with E-state index >= 15 is 0 Å². The Bertz CT molecular complexity index is 760. The number of sulfonamides is 1. The molecule has 0 atom stereocenters. The molecular formula is C13H13FN2O3S. The fraction of sp³-hybridized carbons (Fsp3) is 0.0769. The maximum absolute atomic E-state index is 13.4. The van der Waals surface area contributed by atoms with E-state index in [4.69, 9.17) is 15.6 Å². The van der Waals surface area contributed by atoms with E-state index in [1.807, 2.05) is 0 Å². The van der Waals surface area contributed by atoms with Gasteiger partial charge in [0.1, 0.15) is 22.2 Å². The van der Waals surface area contributed by atoms with Crippen LogP contribution in [0.1, 0.15) is 5.56 Å². The minimum absolute atomic E-state index is 0.00930. The van der Waals surface area contributed by atoms with Gasteiger partial charge in [-0.15, -0.1) is 0 Å². The number of rotatable bonds is 3. The molecule has 0 saturated heterocycles. The summed E-state index contributed by atoms with van der Waals surface area (Å²) in [5.41, 5.74) is 6.22. The van der Waals surface area contributed by atoms with Crippen LogP contribution in [0.4, 0.5) is 10.1 Å². The van der Waals surface area contributed by atoms with Gasteiger partial charge in [-0.2, -0.15) is 0 Å². The lowest BCUT2D eigenvalue weighted by atomic mass is 10.2. The van der Waals surface area contributed by atoms with E-state index in [9.17, 15) is 12.8 Å². The van der Waals surface area contributed by atoms with Gasteiger partial charge >= 0.3 is 0 Å². The summed E-state index contributed by atoms with van der Waals surface area (Å²) in [7, 11) is -3.99. The molecular weight excluding hydrogens is 283 g/mol. The molecule has 0 aliphatic heterocycles. The third-order valence-electron chi connectivity index (χ3n) is 2.65. The smallest absolute Gasteiger partial charge is 0.241 e. The first-order chi connectivity index (χ1) is 9.27. The number of ether oxygens (including phenoxy) is 1. The van der Waals surface area contributed by atoms with Crippen molar-refractivity contribution in [1.29, 1.82) is 0 Å². The number of halogens is 1. The molecule has 0 heterocycles. The van der Waals surface area contributed by atoms with Gasteiger partial charge in [-0.3, -0.25) is 0 Å². The Morgan fingerprint density at radius 3 is 2.45 bits per heavy atom. The van der Waals surface area contributed by atoms with Gasteiger partial charge in [-0.25, -0.2) is 17.9 Å². The van der Waals surface area contributed by atoms with E-state index in [1.165, 1.54) is 36.4 Å². The molecule has 0 bridgehead atoms. The first-order valence-corrected chi connectivity index (χ1v) is 7.18. The summed E-state index contributed by atoms with van der Waals surface area (Å²) < 4.78 is 41.8. The van der Waals surface area contributed by atoms with Crippen LogP contribution in [0.2, 0.25) is 0 Å². The zero-order valence-electron chi connectivity index (χ0n) is 10.6. The topological polar surface area (TPSA) is 95.4 Å². The molecule has 0 radical (unpaired) electrons. The van der Waals surface area contributed by atoms with Crippen molar-refractivity contribution in [3.05, 3.63) is 47.8 Å². The van der Waals surface area contributed by atoms with Crippen molar-refractivity contribution in [3.63, 3.8) is 0 Å².